The predicted octanol–water partition coefficient (Wildman–Crippen LogP) is 1.32. The lowest BCUT2D eigenvalue weighted by molar-refractivity contribution is 0.142. The van der Waals surface area contributed by atoms with Crippen molar-refractivity contribution in [3.05, 3.63) is 18.2 Å². The van der Waals surface area contributed by atoms with Crippen LogP contribution in [0.15, 0.2) is 23.1 Å². The van der Waals surface area contributed by atoms with Crippen molar-refractivity contribution in [1.82, 2.24) is 4.31 Å². The van der Waals surface area contributed by atoms with Gasteiger partial charge in [0.2, 0.25) is 10.0 Å². The van der Waals surface area contributed by atoms with Crippen LogP contribution < -0.4 is 10.5 Å². The molecular formula is C13H22N2O4S. The third kappa shape index (κ3) is 3.41. The number of hydrogen-bond donors (Lipinski definition) is 1. The van der Waals surface area contributed by atoms with E-state index in [9.17, 15) is 8.42 Å². The molecule has 1 rings (SSSR count). The molecule has 0 aliphatic heterocycles. The van der Waals surface area contributed by atoms with E-state index in [0.717, 1.165) is 0 Å². The minimum Gasteiger partial charge on any atom is -0.495 e. The highest BCUT2D eigenvalue weighted by molar-refractivity contribution is 7.89. The van der Waals surface area contributed by atoms with Crippen LogP contribution in [0, 0.1) is 0 Å². The van der Waals surface area contributed by atoms with Crippen LogP contribution in [0.1, 0.15) is 13.8 Å². The van der Waals surface area contributed by atoms with Crippen LogP contribution in [0.4, 0.5) is 5.69 Å². The molecule has 6 nitrogen and oxygen atoms in total. The Labute approximate surface area is 120 Å². The molecule has 1 unspecified atom stereocenters. The fourth-order valence-electron chi connectivity index (χ4n) is 2.06. The third-order valence-corrected chi connectivity index (χ3v) is 5.10. The molecule has 20 heavy (non-hydrogen) atoms. The number of nitrogen functional groups attached to an aromatic ring is 1. The fourth-order valence-corrected chi connectivity index (χ4v) is 3.88. The van der Waals surface area contributed by atoms with E-state index in [4.69, 9.17) is 15.2 Å². The van der Waals surface area contributed by atoms with Gasteiger partial charge in [0.25, 0.3) is 0 Å². The summed E-state index contributed by atoms with van der Waals surface area (Å²) in [7, 11) is -0.720. The highest BCUT2D eigenvalue weighted by Gasteiger charge is 2.30. The normalized spacial score (nSPS) is 13.4. The van der Waals surface area contributed by atoms with Crippen molar-refractivity contribution in [3.8, 4) is 5.75 Å². The van der Waals surface area contributed by atoms with E-state index in [-0.39, 0.29) is 16.7 Å². The Kier molecular flexibility index (Phi) is 5.79. The Balaban J connectivity index is 3.30. The molecule has 0 aliphatic rings. The number of sulfonamides is 1. The number of benzene rings is 1. The highest BCUT2D eigenvalue weighted by atomic mass is 32.2. The van der Waals surface area contributed by atoms with Crippen LogP contribution in [-0.2, 0) is 14.8 Å². The van der Waals surface area contributed by atoms with E-state index >= 15 is 0 Å². The fraction of sp³-hybridized carbons (Fsp3) is 0.538. The quantitative estimate of drug-likeness (QED) is 0.768. The van der Waals surface area contributed by atoms with Crippen molar-refractivity contribution in [2.24, 2.45) is 0 Å². The molecule has 1 atom stereocenters. The topological polar surface area (TPSA) is 81.9 Å². The van der Waals surface area contributed by atoms with Gasteiger partial charge in [-0.15, -0.1) is 0 Å². The van der Waals surface area contributed by atoms with Gasteiger partial charge in [-0.3, -0.25) is 0 Å². The summed E-state index contributed by atoms with van der Waals surface area (Å²) in [6.07, 6.45) is 0. The van der Waals surface area contributed by atoms with Gasteiger partial charge in [0.05, 0.1) is 13.7 Å². The standard InChI is InChI=1S/C13H22N2O4S/c1-5-15(10(2)9-18-3)20(16,17)13-8-11(14)6-7-12(13)19-4/h6-8,10H,5,9,14H2,1-4H3. The van der Waals surface area contributed by atoms with Crippen molar-refractivity contribution in [1.29, 1.82) is 0 Å². The Bertz CT molecular complexity index is 545. The number of rotatable bonds is 7. The number of anilines is 1. The van der Waals surface area contributed by atoms with Crippen LogP contribution in [0.3, 0.4) is 0 Å². The summed E-state index contributed by atoms with van der Waals surface area (Å²) < 4.78 is 37.0. The van der Waals surface area contributed by atoms with Crippen LogP contribution in [0.5, 0.6) is 5.75 Å². The molecule has 7 heteroatoms. The largest absolute Gasteiger partial charge is 0.495 e. The second-order valence-electron chi connectivity index (χ2n) is 4.42. The van der Waals surface area contributed by atoms with E-state index < -0.39 is 10.0 Å². The molecule has 0 spiro atoms. The minimum absolute atomic E-state index is 0.0739. The monoisotopic (exact) mass is 302 g/mol. The predicted molar refractivity (Wildman–Crippen MR) is 78.3 cm³/mol. The average Bonchev–Trinajstić information content (AvgIpc) is 2.39. The molecule has 0 saturated carbocycles. The first-order valence-corrected chi connectivity index (χ1v) is 7.76. The molecule has 0 saturated heterocycles. The van der Waals surface area contributed by atoms with Crippen molar-refractivity contribution in [3.63, 3.8) is 0 Å². The molecule has 0 aromatic heterocycles. The summed E-state index contributed by atoms with van der Waals surface area (Å²) in [6, 6.07) is 4.29. The molecule has 0 amide bonds. The number of nitrogens with zero attached hydrogens (tertiary/aromatic N) is 1. The third-order valence-electron chi connectivity index (χ3n) is 2.99. The van der Waals surface area contributed by atoms with Crippen LogP contribution >= 0.6 is 0 Å². The molecule has 0 fully saturated rings. The first-order valence-electron chi connectivity index (χ1n) is 6.32. The van der Waals surface area contributed by atoms with Gasteiger partial charge >= 0.3 is 0 Å². The lowest BCUT2D eigenvalue weighted by atomic mass is 10.3. The Morgan fingerprint density at radius 3 is 2.50 bits per heavy atom. The lowest BCUT2D eigenvalue weighted by Crippen LogP contribution is -2.41. The van der Waals surface area contributed by atoms with E-state index in [1.165, 1.54) is 24.6 Å². The van der Waals surface area contributed by atoms with E-state index in [1.54, 1.807) is 26.0 Å². The average molecular weight is 302 g/mol. The number of likely N-dealkylation sites (N-methyl/N-ethyl adjacent to an activating group) is 1. The molecule has 1 aromatic rings. The van der Waals surface area contributed by atoms with Crippen molar-refractivity contribution in [2.45, 2.75) is 24.8 Å². The molecule has 1 aromatic carbocycles. The number of hydrogen-bond acceptors (Lipinski definition) is 5. The first kappa shape index (κ1) is 16.7. The van der Waals surface area contributed by atoms with E-state index in [2.05, 4.69) is 0 Å². The Morgan fingerprint density at radius 2 is 2.00 bits per heavy atom. The molecular weight excluding hydrogens is 280 g/mol. The van der Waals surface area contributed by atoms with Crippen molar-refractivity contribution >= 4 is 15.7 Å². The number of ether oxygens (including phenoxy) is 2. The zero-order valence-electron chi connectivity index (χ0n) is 12.3. The summed E-state index contributed by atoms with van der Waals surface area (Å²) in [5, 5.41) is 0. The Hall–Kier alpha value is -1.31. The zero-order valence-corrected chi connectivity index (χ0v) is 13.1. The van der Waals surface area contributed by atoms with Crippen LogP contribution in [0.25, 0.3) is 0 Å². The van der Waals surface area contributed by atoms with Gasteiger partial charge in [-0.25, -0.2) is 8.42 Å². The SMILES string of the molecule is CCN(C(C)COC)S(=O)(=O)c1cc(N)ccc1OC. The minimum atomic E-state index is -3.69. The van der Waals surface area contributed by atoms with E-state index in [0.29, 0.717) is 18.8 Å². The highest BCUT2D eigenvalue weighted by Crippen LogP contribution is 2.29. The van der Waals surface area contributed by atoms with Gasteiger partial charge in [-0.2, -0.15) is 4.31 Å². The van der Waals surface area contributed by atoms with Gasteiger partial charge in [-0.1, -0.05) is 6.92 Å². The maximum absolute atomic E-state index is 12.7. The maximum atomic E-state index is 12.7. The first-order chi connectivity index (χ1) is 9.38. The van der Waals surface area contributed by atoms with Gasteiger partial charge in [0, 0.05) is 25.4 Å². The molecule has 0 radical (unpaired) electrons. The Morgan fingerprint density at radius 1 is 1.35 bits per heavy atom. The van der Waals surface area contributed by atoms with Crippen molar-refractivity contribution in [2.75, 3.05) is 33.1 Å². The van der Waals surface area contributed by atoms with E-state index in [1.807, 2.05) is 0 Å². The molecule has 0 heterocycles. The van der Waals surface area contributed by atoms with Crippen LogP contribution in [0.2, 0.25) is 0 Å². The van der Waals surface area contributed by atoms with Gasteiger partial charge in [0.15, 0.2) is 0 Å². The smallest absolute Gasteiger partial charge is 0.247 e. The molecule has 114 valence electrons. The summed E-state index contributed by atoms with van der Waals surface area (Å²) in [4.78, 5) is 0.0739. The lowest BCUT2D eigenvalue weighted by Gasteiger charge is -2.27. The summed E-state index contributed by atoms with van der Waals surface area (Å²) >= 11 is 0. The molecule has 0 bridgehead atoms. The summed E-state index contributed by atoms with van der Waals surface area (Å²) in [5.74, 6) is 0.280. The van der Waals surface area contributed by atoms with Crippen LogP contribution in [-0.4, -0.2) is 46.1 Å². The second-order valence-corrected chi connectivity index (χ2v) is 6.28. The van der Waals surface area contributed by atoms with Gasteiger partial charge in [-0.05, 0) is 25.1 Å². The van der Waals surface area contributed by atoms with Gasteiger partial charge in [0.1, 0.15) is 10.6 Å². The summed E-state index contributed by atoms with van der Waals surface area (Å²) in [6.45, 7) is 4.23. The molecule has 2 N–H and O–H groups in total. The summed E-state index contributed by atoms with van der Waals surface area (Å²) in [5.41, 5.74) is 6.07. The van der Waals surface area contributed by atoms with Crippen molar-refractivity contribution < 1.29 is 17.9 Å². The second kappa shape index (κ2) is 6.92. The van der Waals surface area contributed by atoms with Gasteiger partial charge < -0.3 is 15.2 Å². The zero-order chi connectivity index (χ0) is 15.3. The number of methoxy groups -OCH3 is 2. The molecule has 0 aliphatic carbocycles. The maximum Gasteiger partial charge on any atom is 0.247 e. The number of nitrogens with two attached hydrogens (primary N) is 1.